The average molecular weight is 620 g/mol. The Labute approximate surface area is 228 Å². The highest BCUT2D eigenvalue weighted by Gasteiger charge is 2.30. The Bertz CT molecular complexity index is 829. The van der Waals surface area contributed by atoms with Gasteiger partial charge in [-0.05, 0) is 80.8 Å². The fraction of sp³-hybridized carbons (Fsp3) is 0.654. The van der Waals surface area contributed by atoms with Gasteiger partial charge in [-0.2, -0.15) is 0 Å². The third-order valence-corrected chi connectivity index (χ3v) is 6.69. The number of nitrogens with one attached hydrogen (secondary N) is 3. The Morgan fingerprint density at radius 3 is 2.25 bits per heavy atom. The summed E-state index contributed by atoms with van der Waals surface area (Å²) < 4.78 is 12.1. The molecule has 0 fully saturated rings. The van der Waals surface area contributed by atoms with Crippen molar-refractivity contribution < 1.29 is 29.0 Å². The minimum atomic E-state index is -1.17. The lowest BCUT2D eigenvalue weighted by Crippen LogP contribution is -2.55. The number of hydrogen-bond donors (Lipinski definition) is 4. The van der Waals surface area contributed by atoms with Crippen LogP contribution in [0.25, 0.3) is 0 Å². The van der Waals surface area contributed by atoms with E-state index in [-0.39, 0.29) is 43.4 Å². The number of carbonyl (C=O) groups excluding carboxylic acids is 2. The summed E-state index contributed by atoms with van der Waals surface area (Å²) in [5.41, 5.74) is 0.0646. The maximum absolute atomic E-state index is 12.6. The molecule has 9 nitrogen and oxygen atoms in total. The fourth-order valence-corrected chi connectivity index (χ4v) is 3.34. The molecule has 10 heteroatoms. The van der Waals surface area contributed by atoms with E-state index in [4.69, 9.17) is 9.47 Å². The molecular weight excluding hydrogens is 577 g/mol. The number of benzene rings is 1. The minimum Gasteiger partial charge on any atom is -0.480 e. The number of aryl methyl sites for hydroxylation is 1. The molecule has 0 bridgehead atoms. The van der Waals surface area contributed by atoms with Crippen LogP contribution in [0.1, 0.15) is 53.0 Å². The van der Waals surface area contributed by atoms with Gasteiger partial charge in [0.2, 0.25) is 5.91 Å². The maximum atomic E-state index is 12.6. The van der Waals surface area contributed by atoms with E-state index in [1.54, 1.807) is 13.8 Å². The van der Waals surface area contributed by atoms with Crippen molar-refractivity contribution in [3.63, 3.8) is 0 Å². The van der Waals surface area contributed by atoms with E-state index in [1.165, 1.54) is 0 Å². The summed E-state index contributed by atoms with van der Waals surface area (Å²) in [4.78, 5) is 36.5. The van der Waals surface area contributed by atoms with E-state index in [2.05, 4.69) is 59.3 Å². The van der Waals surface area contributed by atoms with Gasteiger partial charge in [-0.25, -0.2) is 4.79 Å². The van der Waals surface area contributed by atoms with Crippen LogP contribution >= 0.6 is 22.6 Å². The summed E-state index contributed by atoms with van der Waals surface area (Å²) >= 11 is 2.21. The minimum absolute atomic E-state index is 0.0779. The maximum Gasteiger partial charge on any atom is 0.327 e. The van der Waals surface area contributed by atoms with Crippen molar-refractivity contribution in [1.82, 2.24) is 16.0 Å². The van der Waals surface area contributed by atoms with Crippen LogP contribution in [0.4, 0.5) is 0 Å². The number of amides is 1. The number of aliphatic carboxylic acids is 1. The number of ketones is 1. The molecule has 36 heavy (non-hydrogen) atoms. The Morgan fingerprint density at radius 2 is 1.64 bits per heavy atom. The molecule has 0 aliphatic rings. The second kappa shape index (κ2) is 16.3. The van der Waals surface area contributed by atoms with Crippen molar-refractivity contribution in [3.05, 3.63) is 33.4 Å². The molecule has 0 heterocycles. The van der Waals surface area contributed by atoms with Gasteiger partial charge in [0, 0.05) is 28.6 Å². The lowest BCUT2D eigenvalue weighted by molar-refractivity contribution is -0.142. The van der Waals surface area contributed by atoms with Crippen LogP contribution in [0.5, 0.6) is 0 Å². The number of ether oxygens (including phenoxy) is 2. The molecular formula is C26H42IN3O6. The van der Waals surface area contributed by atoms with Gasteiger partial charge in [0.05, 0.1) is 25.4 Å². The number of rotatable bonds is 19. The first-order valence-corrected chi connectivity index (χ1v) is 13.4. The summed E-state index contributed by atoms with van der Waals surface area (Å²) in [6.45, 7) is 11.5. The fourth-order valence-electron chi connectivity index (χ4n) is 2.98. The van der Waals surface area contributed by atoms with E-state index >= 15 is 0 Å². The number of hydrogen-bond acceptors (Lipinski definition) is 7. The predicted octanol–water partition coefficient (Wildman–Crippen LogP) is 2.54. The molecule has 1 amide bonds. The van der Waals surface area contributed by atoms with Gasteiger partial charge in [0.1, 0.15) is 12.6 Å². The van der Waals surface area contributed by atoms with E-state index in [0.717, 1.165) is 22.1 Å². The molecule has 0 saturated carbocycles. The standard InChI is InChI=1S/C26H42IN3O6/c1-6-25(2,3)28-13-14-35-15-16-36-18-22(31)26(4,5)29-17-21(24(33)34)30-23(32)12-9-19-7-10-20(27)11-8-19/h7-8,10-11,21,28-29H,6,9,12-18H2,1-5H3,(H,30,32)(H,33,34)/t21-/m0/s1. The van der Waals surface area contributed by atoms with Gasteiger partial charge in [0.15, 0.2) is 5.78 Å². The van der Waals surface area contributed by atoms with Gasteiger partial charge in [-0.15, -0.1) is 0 Å². The van der Waals surface area contributed by atoms with Crippen LogP contribution in [0.2, 0.25) is 0 Å². The topological polar surface area (TPSA) is 126 Å². The average Bonchev–Trinajstić information content (AvgIpc) is 2.82. The molecule has 0 spiro atoms. The van der Waals surface area contributed by atoms with Crippen LogP contribution < -0.4 is 16.0 Å². The zero-order valence-corrected chi connectivity index (χ0v) is 24.3. The summed E-state index contributed by atoms with van der Waals surface area (Å²) in [7, 11) is 0. The molecule has 0 radical (unpaired) electrons. The summed E-state index contributed by atoms with van der Waals surface area (Å²) in [5, 5.41) is 18.4. The Hall–Kier alpha value is -1.60. The van der Waals surface area contributed by atoms with Crippen molar-refractivity contribution >= 4 is 40.3 Å². The van der Waals surface area contributed by atoms with E-state index in [1.807, 2.05) is 24.3 Å². The summed E-state index contributed by atoms with van der Waals surface area (Å²) in [6.07, 6.45) is 1.71. The van der Waals surface area contributed by atoms with Crippen LogP contribution in [-0.2, 0) is 30.3 Å². The monoisotopic (exact) mass is 619 g/mol. The van der Waals surface area contributed by atoms with Crippen LogP contribution in [0.15, 0.2) is 24.3 Å². The van der Waals surface area contributed by atoms with Crippen LogP contribution in [0, 0.1) is 3.57 Å². The van der Waals surface area contributed by atoms with Crippen molar-refractivity contribution in [1.29, 1.82) is 0 Å². The molecule has 1 aromatic carbocycles. The first-order chi connectivity index (χ1) is 16.9. The first-order valence-electron chi connectivity index (χ1n) is 12.3. The van der Waals surface area contributed by atoms with Gasteiger partial charge >= 0.3 is 5.97 Å². The molecule has 0 unspecified atom stereocenters. The molecule has 0 saturated heterocycles. The highest BCUT2D eigenvalue weighted by atomic mass is 127. The Balaban J connectivity index is 2.32. The lowest BCUT2D eigenvalue weighted by atomic mass is 9.99. The van der Waals surface area contributed by atoms with Crippen molar-refractivity contribution in [3.8, 4) is 0 Å². The Kier molecular flexibility index (Phi) is 14.7. The van der Waals surface area contributed by atoms with E-state index in [9.17, 15) is 19.5 Å². The van der Waals surface area contributed by atoms with Crippen molar-refractivity contribution in [2.45, 2.75) is 71.0 Å². The molecule has 0 aromatic heterocycles. The molecule has 0 aliphatic carbocycles. The molecule has 1 rings (SSSR count). The van der Waals surface area contributed by atoms with Crippen LogP contribution in [0.3, 0.4) is 0 Å². The number of halogens is 1. The SMILES string of the molecule is CCC(C)(C)NCCOCCOCC(=O)C(C)(C)NC[C@H](NC(=O)CCc1ccc(I)cc1)C(=O)O. The highest BCUT2D eigenvalue weighted by Crippen LogP contribution is 2.09. The highest BCUT2D eigenvalue weighted by molar-refractivity contribution is 14.1. The molecule has 4 N–H and O–H groups in total. The smallest absolute Gasteiger partial charge is 0.327 e. The van der Waals surface area contributed by atoms with E-state index < -0.39 is 17.6 Å². The normalized spacial score (nSPS) is 12.8. The zero-order valence-electron chi connectivity index (χ0n) is 22.1. The predicted molar refractivity (Wildman–Crippen MR) is 148 cm³/mol. The van der Waals surface area contributed by atoms with Crippen molar-refractivity contribution in [2.75, 3.05) is 39.5 Å². The van der Waals surface area contributed by atoms with Crippen LogP contribution in [-0.4, -0.2) is 79.4 Å². The van der Waals surface area contributed by atoms with Gasteiger partial charge in [-0.3, -0.25) is 9.59 Å². The quantitative estimate of drug-likeness (QED) is 0.138. The zero-order chi connectivity index (χ0) is 27.2. The largest absolute Gasteiger partial charge is 0.480 e. The Morgan fingerprint density at radius 1 is 1.00 bits per heavy atom. The number of Topliss-reactive ketones (excluding diaryl/α,β-unsaturated/α-hetero) is 1. The summed E-state index contributed by atoms with van der Waals surface area (Å²) in [5.74, 6) is -1.75. The number of carboxylic acids is 1. The first kappa shape index (κ1) is 32.4. The molecule has 1 atom stereocenters. The molecule has 1 aromatic rings. The van der Waals surface area contributed by atoms with Crippen molar-refractivity contribution in [2.24, 2.45) is 0 Å². The van der Waals surface area contributed by atoms with Gasteiger partial charge in [-0.1, -0.05) is 19.1 Å². The third kappa shape index (κ3) is 13.6. The third-order valence-electron chi connectivity index (χ3n) is 5.97. The second-order valence-corrected chi connectivity index (χ2v) is 11.1. The molecule has 0 aliphatic heterocycles. The van der Waals surface area contributed by atoms with Gasteiger partial charge in [0.25, 0.3) is 0 Å². The molecule has 204 valence electrons. The lowest BCUT2D eigenvalue weighted by Gasteiger charge is -2.27. The van der Waals surface area contributed by atoms with Gasteiger partial charge < -0.3 is 30.5 Å². The summed E-state index contributed by atoms with van der Waals surface area (Å²) in [6, 6.07) is 6.65. The number of carbonyl (C=O) groups is 3. The van der Waals surface area contributed by atoms with E-state index in [0.29, 0.717) is 19.6 Å². The second-order valence-electron chi connectivity index (χ2n) is 9.84. The number of carboxylic acid groups (broad SMARTS) is 1.